The van der Waals surface area contributed by atoms with Crippen LogP contribution in [-0.4, -0.2) is 11.2 Å². The fourth-order valence-corrected chi connectivity index (χ4v) is 3.76. The van der Waals surface area contributed by atoms with Gasteiger partial charge in [-0.1, -0.05) is 39.5 Å². The highest BCUT2D eigenvalue weighted by Gasteiger charge is 2.33. The predicted molar refractivity (Wildman–Crippen MR) is 68.3 cm³/mol. The Morgan fingerprint density at radius 2 is 1.50 bits per heavy atom. The van der Waals surface area contributed by atoms with Gasteiger partial charge in [0.25, 0.3) is 0 Å². The van der Waals surface area contributed by atoms with Gasteiger partial charge in [0.05, 0.1) is 6.10 Å². The lowest BCUT2D eigenvalue weighted by atomic mass is 9.70. The number of rotatable bonds is 2. The van der Waals surface area contributed by atoms with Crippen molar-refractivity contribution in [1.82, 2.24) is 0 Å². The van der Waals surface area contributed by atoms with E-state index in [9.17, 15) is 5.11 Å². The van der Waals surface area contributed by atoms with E-state index in [0.717, 1.165) is 11.8 Å². The first kappa shape index (κ1) is 12.4. The minimum atomic E-state index is 0.00949. The molecule has 2 saturated carbocycles. The Labute approximate surface area is 101 Å². The Balaban J connectivity index is 1.86. The molecular formula is C15H28O. The van der Waals surface area contributed by atoms with Gasteiger partial charge >= 0.3 is 0 Å². The number of aliphatic hydroxyl groups excluding tert-OH is 1. The van der Waals surface area contributed by atoms with E-state index in [1.165, 1.54) is 51.4 Å². The molecule has 0 aromatic carbocycles. The molecule has 0 radical (unpaired) electrons. The predicted octanol–water partition coefficient (Wildman–Crippen LogP) is 4.00. The highest BCUT2D eigenvalue weighted by Crippen LogP contribution is 2.39. The van der Waals surface area contributed by atoms with Crippen LogP contribution in [0.2, 0.25) is 0 Å². The summed E-state index contributed by atoms with van der Waals surface area (Å²) in [6.07, 6.45) is 10.5. The molecule has 0 bridgehead atoms. The molecule has 94 valence electrons. The summed E-state index contributed by atoms with van der Waals surface area (Å²) in [5.74, 6) is 2.92. The molecule has 0 amide bonds. The highest BCUT2D eigenvalue weighted by atomic mass is 16.3. The second-order valence-corrected chi connectivity index (χ2v) is 6.42. The first-order chi connectivity index (χ1) is 7.68. The molecule has 16 heavy (non-hydrogen) atoms. The summed E-state index contributed by atoms with van der Waals surface area (Å²) in [4.78, 5) is 0. The van der Waals surface area contributed by atoms with Crippen LogP contribution in [0.1, 0.15) is 65.2 Å². The Kier molecular flexibility index (Phi) is 4.29. The molecule has 0 heterocycles. The van der Waals surface area contributed by atoms with Crippen LogP contribution < -0.4 is 0 Å². The first-order valence-electron chi connectivity index (χ1n) is 7.36. The molecule has 0 aliphatic heterocycles. The van der Waals surface area contributed by atoms with Gasteiger partial charge in [-0.3, -0.25) is 0 Å². The maximum Gasteiger partial charge on any atom is 0.0596 e. The van der Waals surface area contributed by atoms with Gasteiger partial charge in [0.1, 0.15) is 0 Å². The van der Waals surface area contributed by atoms with Crippen LogP contribution in [0.5, 0.6) is 0 Å². The zero-order valence-electron chi connectivity index (χ0n) is 11.0. The number of hydrogen-bond donors (Lipinski definition) is 1. The molecule has 2 aliphatic carbocycles. The Bertz CT molecular complexity index is 207. The summed E-state index contributed by atoms with van der Waals surface area (Å²) in [5.41, 5.74) is 0. The number of aliphatic hydroxyl groups is 1. The van der Waals surface area contributed by atoms with Gasteiger partial charge in [0.15, 0.2) is 0 Å². The van der Waals surface area contributed by atoms with Crippen molar-refractivity contribution in [3.63, 3.8) is 0 Å². The zero-order chi connectivity index (χ0) is 11.5. The highest BCUT2D eigenvalue weighted by molar-refractivity contribution is 4.84. The number of hydrogen-bond acceptors (Lipinski definition) is 1. The molecule has 0 saturated heterocycles. The van der Waals surface area contributed by atoms with Crippen molar-refractivity contribution in [1.29, 1.82) is 0 Å². The van der Waals surface area contributed by atoms with Crippen molar-refractivity contribution < 1.29 is 5.11 Å². The van der Waals surface area contributed by atoms with E-state index in [1.54, 1.807) is 0 Å². The lowest BCUT2D eigenvalue weighted by Gasteiger charge is -2.38. The van der Waals surface area contributed by atoms with Crippen molar-refractivity contribution in [2.45, 2.75) is 71.3 Å². The van der Waals surface area contributed by atoms with E-state index in [2.05, 4.69) is 13.8 Å². The van der Waals surface area contributed by atoms with Gasteiger partial charge in [-0.25, -0.2) is 0 Å². The van der Waals surface area contributed by atoms with E-state index in [-0.39, 0.29) is 6.10 Å². The van der Waals surface area contributed by atoms with Gasteiger partial charge in [0.2, 0.25) is 0 Å². The summed E-state index contributed by atoms with van der Waals surface area (Å²) < 4.78 is 0. The minimum absolute atomic E-state index is 0.00949. The van der Waals surface area contributed by atoms with E-state index in [1.807, 2.05) is 0 Å². The molecule has 0 aromatic heterocycles. The molecule has 1 N–H and O–H groups in total. The summed E-state index contributed by atoms with van der Waals surface area (Å²) in [6.45, 7) is 4.73. The van der Waals surface area contributed by atoms with Crippen molar-refractivity contribution in [3.8, 4) is 0 Å². The van der Waals surface area contributed by atoms with Gasteiger partial charge in [-0.2, -0.15) is 0 Å². The molecule has 2 aliphatic rings. The Hall–Kier alpha value is -0.0400. The van der Waals surface area contributed by atoms with E-state index in [0.29, 0.717) is 11.8 Å². The third-order valence-electron chi connectivity index (χ3n) is 5.25. The second-order valence-electron chi connectivity index (χ2n) is 6.42. The fourth-order valence-electron chi connectivity index (χ4n) is 3.76. The van der Waals surface area contributed by atoms with E-state index in [4.69, 9.17) is 0 Å². The molecule has 2 fully saturated rings. The summed E-state index contributed by atoms with van der Waals surface area (Å²) in [7, 11) is 0. The third-order valence-corrected chi connectivity index (χ3v) is 5.25. The standard InChI is InChI=1S/C15H28O/c1-11-8-9-14(10-12(11)2)15(16)13-6-4-3-5-7-13/h11-16H,3-10H2,1-2H3. The average Bonchev–Trinajstić information content (AvgIpc) is 2.33. The maximum atomic E-state index is 10.5. The molecule has 0 spiro atoms. The third kappa shape index (κ3) is 2.80. The second kappa shape index (κ2) is 5.53. The SMILES string of the molecule is CC1CCC(C(O)C2CCCCC2)CC1C. The van der Waals surface area contributed by atoms with Gasteiger partial charge < -0.3 is 5.11 Å². The van der Waals surface area contributed by atoms with E-state index < -0.39 is 0 Å². The van der Waals surface area contributed by atoms with Crippen molar-refractivity contribution in [3.05, 3.63) is 0 Å². The average molecular weight is 224 g/mol. The van der Waals surface area contributed by atoms with Crippen LogP contribution >= 0.6 is 0 Å². The first-order valence-corrected chi connectivity index (χ1v) is 7.36. The Morgan fingerprint density at radius 3 is 2.12 bits per heavy atom. The minimum Gasteiger partial charge on any atom is -0.393 e. The largest absolute Gasteiger partial charge is 0.393 e. The lowest BCUT2D eigenvalue weighted by molar-refractivity contribution is 0.00197. The van der Waals surface area contributed by atoms with E-state index >= 15 is 0 Å². The quantitative estimate of drug-likeness (QED) is 0.751. The fraction of sp³-hybridized carbons (Fsp3) is 1.00. The molecule has 4 atom stereocenters. The normalized spacial score (nSPS) is 39.6. The molecule has 2 rings (SSSR count). The van der Waals surface area contributed by atoms with Crippen LogP contribution in [0.25, 0.3) is 0 Å². The monoisotopic (exact) mass is 224 g/mol. The van der Waals surface area contributed by atoms with Gasteiger partial charge in [-0.15, -0.1) is 0 Å². The van der Waals surface area contributed by atoms with Crippen LogP contribution in [-0.2, 0) is 0 Å². The molecule has 4 unspecified atom stereocenters. The van der Waals surface area contributed by atoms with Crippen molar-refractivity contribution >= 4 is 0 Å². The van der Waals surface area contributed by atoms with Crippen LogP contribution in [0.4, 0.5) is 0 Å². The molecule has 1 nitrogen and oxygen atoms in total. The van der Waals surface area contributed by atoms with Crippen LogP contribution in [0.15, 0.2) is 0 Å². The van der Waals surface area contributed by atoms with Gasteiger partial charge in [0, 0.05) is 0 Å². The van der Waals surface area contributed by atoms with Crippen LogP contribution in [0.3, 0.4) is 0 Å². The molecule has 1 heteroatoms. The smallest absolute Gasteiger partial charge is 0.0596 e. The van der Waals surface area contributed by atoms with Crippen LogP contribution in [0, 0.1) is 23.7 Å². The molecular weight excluding hydrogens is 196 g/mol. The van der Waals surface area contributed by atoms with Crippen molar-refractivity contribution in [2.24, 2.45) is 23.7 Å². The lowest BCUT2D eigenvalue weighted by Crippen LogP contribution is -2.35. The summed E-state index contributed by atoms with van der Waals surface area (Å²) in [6, 6.07) is 0. The van der Waals surface area contributed by atoms with Gasteiger partial charge in [-0.05, 0) is 49.4 Å². The molecule has 0 aromatic rings. The summed E-state index contributed by atoms with van der Waals surface area (Å²) in [5, 5.41) is 10.5. The van der Waals surface area contributed by atoms with Crippen molar-refractivity contribution in [2.75, 3.05) is 0 Å². The summed E-state index contributed by atoms with van der Waals surface area (Å²) >= 11 is 0. The Morgan fingerprint density at radius 1 is 0.812 bits per heavy atom. The maximum absolute atomic E-state index is 10.5. The topological polar surface area (TPSA) is 20.2 Å². The zero-order valence-corrected chi connectivity index (χ0v) is 11.0.